The van der Waals surface area contributed by atoms with Gasteiger partial charge >= 0.3 is 20.4 Å². The van der Waals surface area contributed by atoms with Crippen molar-refractivity contribution in [1.82, 2.24) is 0 Å². The molecule has 0 saturated heterocycles. The molecular weight excluding hydrogens is 200 g/mol. The predicted octanol–water partition coefficient (Wildman–Crippen LogP) is 3.71. The van der Waals surface area contributed by atoms with E-state index in [9.17, 15) is 0 Å². The van der Waals surface area contributed by atoms with Crippen LogP contribution in [-0.4, -0.2) is 20.4 Å². The monoisotopic (exact) mass is 218 g/mol. The van der Waals surface area contributed by atoms with Gasteiger partial charge in [-0.25, -0.2) is 0 Å². The molecule has 0 aliphatic rings. The van der Waals surface area contributed by atoms with Crippen molar-refractivity contribution in [2.24, 2.45) is 0 Å². The highest BCUT2D eigenvalue weighted by Gasteiger charge is 1.90. The van der Waals surface area contributed by atoms with Crippen LogP contribution in [0, 0.1) is 0 Å². The van der Waals surface area contributed by atoms with E-state index >= 15 is 0 Å². The lowest BCUT2D eigenvalue weighted by Crippen LogP contribution is -1.85. The molecule has 0 rings (SSSR count). The zero-order chi connectivity index (χ0) is 6.95. The SMILES string of the molecule is Br.CCCCC[CH2][Mg][CH2]C. The molecule has 0 fully saturated rings. The van der Waals surface area contributed by atoms with Crippen molar-refractivity contribution in [1.29, 1.82) is 0 Å². The minimum atomic E-state index is 0. The van der Waals surface area contributed by atoms with E-state index in [1.807, 2.05) is 0 Å². The van der Waals surface area contributed by atoms with Crippen molar-refractivity contribution in [3.05, 3.63) is 0 Å². The van der Waals surface area contributed by atoms with Crippen molar-refractivity contribution in [3.63, 3.8) is 0 Å². The van der Waals surface area contributed by atoms with Crippen LogP contribution in [0.1, 0.15) is 39.5 Å². The predicted molar refractivity (Wildman–Crippen MR) is 55.5 cm³/mol. The van der Waals surface area contributed by atoms with Gasteiger partial charge in [0.05, 0.1) is 0 Å². The smallest absolute Gasteiger partial charge is 0.149 e. The summed E-state index contributed by atoms with van der Waals surface area (Å²) in [6.07, 6.45) is 5.85. The second-order valence-electron chi connectivity index (χ2n) is 2.77. The fourth-order valence-electron chi connectivity index (χ4n) is 1.03. The van der Waals surface area contributed by atoms with E-state index in [1.54, 1.807) is 4.55 Å². The largest absolute Gasteiger partial charge is 0.363 e. The van der Waals surface area contributed by atoms with Crippen LogP contribution in [0.15, 0.2) is 0 Å². The molecule has 0 heterocycles. The highest BCUT2D eigenvalue weighted by molar-refractivity contribution is 8.93. The fraction of sp³-hybridized carbons (Fsp3) is 1.00. The highest BCUT2D eigenvalue weighted by atomic mass is 79.9. The topological polar surface area (TPSA) is 0 Å². The Kier molecular flexibility index (Phi) is 17.8. The molecule has 0 aromatic heterocycles. The summed E-state index contributed by atoms with van der Waals surface area (Å²) in [5.74, 6) is 0. The lowest BCUT2D eigenvalue weighted by Gasteiger charge is -1.94. The maximum Gasteiger partial charge on any atom is 0.363 e. The van der Waals surface area contributed by atoms with E-state index in [4.69, 9.17) is 0 Å². The Morgan fingerprint density at radius 3 is 2.20 bits per heavy atom. The zero-order valence-corrected chi connectivity index (χ0v) is 10.5. The van der Waals surface area contributed by atoms with Gasteiger partial charge in [-0.15, -0.1) is 26.1 Å². The summed E-state index contributed by atoms with van der Waals surface area (Å²) in [7, 11) is 0. The first-order valence-electron chi connectivity index (χ1n) is 4.41. The summed E-state index contributed by atoms with van der Waals surface area (Å²) >= 11 is 0.394. The van der Waals surface area contributed by atoms with Gasteiger partial charge in [0.25, 0.3) is 0 Å². The summed E-state index contributed by atoms with van der Waals surface area (Å²) in [6.45, 7) is 4.60. The zero-order valence-electron chi connectivity index (χ0n) is 7.36. The molecule has 0 aliphatic carbocycles. The third-order valence-electron chi connectivity index (χ3n) is 1.71. The van der Waals surface area contributed by atoms with Crippen LogP contribution in [-0.2, 0) is 0 Å². The van der Waals surface area contributed by atoms with Crippen LogP contribution >= 0.6 is 17.0 Å². The van der Waals surface area contributed by atoms with E-state index in [0.717, 1.165) is 0 Å². The molecule has 0 radical (unpaired) electrons. The van der Waals surface area contributed by atoms with E-state index in [0.29, 0.717) is 20.4 Å². The Morgan fingerprint density at radius 1 is 1.00 bits per heavy atom. The summed E-state index contributed by atoms with van der Waals surface area (Å²) in [5.41, 5.74) is 0. The number of halogens is 1. The van der Waals surface area contributed by atoms with E-state index in [1.165, 1.54) is 30.2 Å². The summed E-state index contributed by atoms with van der Waals surface area (Å²) in [6, 6.07) is 0. The Balaban J connectivity index is 0. The number of hydrogen-bond acceptors (Lipinski definition) is 0. The van der Waals surface area contributed by atoms with Crippen LogP contribution in [0.25, 0.3) is 0 Å². The molecule has 0 nitrogen and oxygen atoms in total. The summed E-state index contributed by atoms with van der Waals surface area (Å²) in [4.78, 5) is 0. The van der Waals surface area contributed by atoms with Gasteiger partial charge in [0.2, 0.25) is 0 Å². The molecule has 0 spiro atoms. The standard InChI is InChI=1S/C6H13.C2H5.BrH.Mg/c1-3-5-6-4-2;1-2;;/h1,3-6H2,2H3;1H2,2H3;1H;. The Bertz CT molecular complexity index is 42.5. The van der Waals surface area contributed by atoms with Crippen molar-refractivity contribution in [3.8, 4) is 0 Å². The molecule has 0 bridgehead atoms. The second-order valence-corrected chi connectivity index (χ2v) is 5.18. The molecule has 60 valence electrons. The van der Waals surface area contributed by atoms with Gasteiger partial charge in [-0.1, -0.05) is 39.5 Å². The molecule has 0 unspecified atom stereocenters. The minimum Gasteiger partial charge on any atom is -0.149 e. The van der Waals surface area contributed by atoms with Crippen LogP contribution in [0.3, 0.4) is 0 Å². The lowest BCUT2D eigenvalue weighted by atomic mass is 10.2. The summed E-state index contributed by atoms with van der Waals surface area (Å²) in [5, 5.41) is 0. The van der Waals surface area contributed by atoms with Crippen molar-refractivity contribution >= 4 is 37.3 Å². The Labute approximate surface area is 85.6 Å². The van der Waals surface area contributed by atoms with Gasteiger partial charge in [-0.3, -0.25) is 0 Å². The van der Waals surface area contributed by atoms with Gasteiger partial charge in [0.15, 0.2) is 0 Å². The molecule has 0 atom stereocenters. The van der Waals surface area contributed by atoms with Crippen LogP contribution in [0.2, 0.25) is 9.10 Å². The van der Waals surface area contributed by atoms with Crippen LogP contribution < -0.4 is 0 Å². The van der Waals surface area contributed by atoms with E-state index in [-0.39, 0.29) is 17.0 Å². The van der Waals surface area contributed by atoms with Crippen LogP contribution in [0.4, 0.5) is 0 Å². The van der Waals surface area contributed by atoms with Crippen molar-refractivity contribution in [2.75, 3.05) is 0 Å². The van der Waals surface area contributed by atoms with Crippen molar-refractivity contribution in [2.45, 2.75) is 48.6 Å². The third-order valence-corrected chi connectivity index (χ3v) is 3.41. The first-order valence-corrected chi connectivity index (χ1v) is 6.41. The highest BCUT2D eigenvalue weighted by Crippen LogP contribution is 2.02. The molecule has 0 saturated carbocycles. The Hall–Kier alpha value is 1.25. The number of unbranched alkanes of at least 4 members (excludes halogenated alkanes) is 3. The molecule has 0 aromatic rings. The lowest BCUT2D eigenvalue weighted by molar-refractivity contribution is 0.700. The average molecular weight is 219 g/mol. The molecule has 0 aromatic carbocycles. The molecule has 10 heavy (non-hydrogen) atoms. The third kappa shape index (κ3) is 12.0. The van der Waals surface area contributed by atoms with E-state index in [2.05, 4.69) is 13.8 Å². The average Bonchev–Trinajstić information content (AvgIpc) is 1.89. The normalized spacial score (nSPS) is 8.20. The van der Waals surface area contributed by atoms with Gasteiger partial charge in [-0.05, 0) is 0 Å². The molecule has 0 aliphatic heterocycles. The van der Waals surface area contributed by atoms with Gasteiger partial charge in [0.1, 0.15) is 0 Å². The van der Waals surface area contributed by atoms with Gasteiger partial charge in [0, 0.05) is 0 Å². The molecule has 0 amide bonds. The van der Waals surface area contributed by atoms with E-state index < -0.39 is 0 Å². The molecular formula is C8H19BrMg. The second kappa shape index (κ2) is 12.9. The quantitative estimate of drug-likeness (QED) is 0.472. The minimum absolute atomic E-state index is 0. The fourth-order valence-corrected chi connectivity index (χ4v) is 2.24. The maximum absolute atomic E-state index is 2.33. The first kappa shape index (κ1) is 13.8. The summed E-state index contributed by atoms with van der Waals surface area (Å²) < 4.78 is 3.10. The number of hydrogen-bond donors (Lipinski definition) is 0. The van der Waals surface area contributed by atoms with Crippen molar-refractivity contribution < 1.29 is 0 Å². The van der Waals surface area contributed by atoms with Gasteiger partial charge < -0.3 is 0 Å². The first-order chi connectivity index (χ1) is 4.41. The molecule has 2 heteroatoms. The molecule has 0 N–H and O–H groups in total. The Morgan fingerprint density at radius 2 is 1.70 bits per heavy atom. The number of rotatable bonds is 6. The maximum atomic E-state index is 2.33. The van der Waals surface area contributed by atoms with Crippen LogP contribution in [0.5, 0.6) is 0 Å². The van der Waals surface area contributed by atoms with Gasteiger partial charge in [-0.2, -0.15) is 0 Å².